The maximum atomic E-state index is 13.2. The molecule has 0 saturated carbocycles. The number of hydrogen-bond donors (Lipinski definition) is 1. The van der Waals surface area contributed by atoms with Gasteiger partial charge in [-0.3, -0.25) is 24.1 Å². The zero-order valence-electron chi connectivity index (χ0n) is 21.9. The van der Waals surface area contributed by atoms with Crippen LogP contribution >= 0.6 is 0 Å². The summed E-state index contributed by atoms with van der Waals surface area (Å²) in [7, 11) is 0. The summed E-state index contributed by atoms with van der Waals surface area (Å²) in [5.41, 5.74) is 3.58. The Kier molecular flexibility index (Phi) is 6.80. The van der Waals surface area contributed by atoms with Crippen molar-refractivity contribution < 1.29 is 19.2 Å². The second-order valence-electron chi connectivity index (χ2n) is 9.70. The van der Waals surface area contributed by atoms with Crippen molar-refractivity contribution in [3.05, 3.63) is 155 Å². The van der Waals surface area contributed by atoms with Crippen molar-refractivity contribution in [2.45, 2.75) is 6.54 Å². The molecule has 198 valence electrons. The van der Waals surface area contributed by atoms with Gasteiger partial charge in [0.1, 0.15) is 0 Å². The molecule has 5 aromatic carbocycles. The molecule has 0 saturated heterocycles. The Hall–Kier alpha value is -5.62. The summed E-state index contributed by atoms with van der Waals surface area (Å²) in [5.74, 6) is -1.29. The fourth-order valence-corrected chi connectivity index (χ4v) is 5.01. The molecular weight excluding hydrogens is 512 g/mol. The van der Waals surface area contributed by atoms with Gasteiger partial charge < -0.3 is 5.32 Å². The summed E-state index contributed by atoms with van der Waals surface area (Å²) in [6.07, 6.45) is 3.36. The van der Waals surface area contributed by atoms with Crippen LogP contribution in [0.1, 0.15) is 52.6 Å². The summed E-state index contributed by atoms with van der Waals surface area (Å²) < 4.78 is 0. The molecule has 6 rings (SSSR count). The summed E-state index contributed by atoms with van der Waals surface area (Å²) in [4.78, 5) is 52.8. The van der Waals surface area contributed by atoms with Crippen molar-refractivity contribution in [2.75, 3.05) is 5.32 Å². The van der Waals surface area contributed by atoms with Gasteiger partial charge in [0.05, 0.1) is 17.7 Å². The van der Waals surface area contributed by atoms with Crippen molar-refractivity contribution in [3.63, 3.8) is 0 Å². The van der Waals surface area contributed by atoms with Crippen LogP contribution in [0.4, 0.5) is 5.69 Å². The second-order valence-corrected chi connectivity index (χ2v) is 9.70. The molecule has 1 heterocycles. The number of nitrogens with zero attached hydrogens (tertiary/aromatic N) is 1. The highest BCUT2D eigenvalue weighted by Gasteiger charge is 2.35. The lowest BCUT2D eigenvalue weighted by molar-refractivity contribution is 0.0640. The number of ketones is 1. The fraction of sp³-hybridized carbons (Fsp3) is 0.0286. The van der Waals surface area contributed by atoms with Crippen molar-refractivity contribution >= 4 is 46.0 Å². The van der Waals surface area contributed by atoms with Crippen LogP contribution in [0.3, 0.4) is 0 Å². The molecule has 0 fully saturated rings. The van der Waals surface area contributed by atoms with E-state index in [1.54, 1.807) is 78.9 Å². The molecule has 41 heavy (non-hydrogen) atoms. The van der Waals surface area contributed by atoms with Crippen LogP contribution in [0.15, 0.2) is 121 Å². The van der Waals surface area contributed by atoms with E-state index < -0.39 is 0 Å². The first-order valence-corrected chi connectivity index (χ1v) is 13.1. The molecule has 3 amide bonds. The van der Waals surface area contributed by atoms with E-state index in [4.69, 9.17) is 0 Å². The number of carbonyl (C=O) groups excluding carboxylic acids is 4. The minimum atomic E-state index is -0.382. The first kappa shape index (κ1) is 25.6. The van der Waals surface area contributed by atoms with Gasteiger partial charge in [0, 0.05) is 16.8 Å². The zero-order chi connectivity index (χ0) is 28.3. The molecule has 0 bridgehead atoms. The highest BCUT2D eigenvalue weighted by atomic mass is 16.2. The summed E-state index contributed by atoms with van der Waals surface area (Å²) in [6, 6.07) is 34.2. The predicted molar refractivity (Wildman–Crippen MR) is 159 cm³/mol. The summed E-state index contributed by atoms with van der Waals surface area (Å²) >= 11 is 0. The molecule has 0 atom stereocenters. The van der Waals surface area contributed by atoms with Gasteiger partial charge in [0.25, 0.3) is 17.7 Å². The van der Waals surface area contributed by atoms with E-state index in [1.165, 1.54) is 0 Å². The fourth-order valence-electron chi connectivity index (χ4n) is 5.01. The number of hydrogen-bond acceptors (Lipinski definition) is 4. The highest BCUT2D eigenvalue weighted by molar-refractivity contribution is 6.21. The van der Waals surface area contributed by atoms with Crippen LogP contribution in [-0.2, 0) is 6.54 Å². The maximum Gasteiger partial charge on any atom is 0.261 e. The van der Waals surface area contributed by atoms with E-state index in [9.17, 15) is 19.2 Å². The number of nitrogens with one attached hydrogen (secondary N) is 1. The van der Waals surface area contributed by atoms with E-state index in [0.29, 0.717) is 33.5 Å². The van der Waals surface area contributed by atoms with Gasteiger partial charge >= 0.3 is 0 Å². The van der Waals surface area contributed by atoms with E-state index >= 15 is 0 Å². The summed E-state index contributed by atoms with van der Waals surface area (Å²) in [6.45, 7) is -0.0214. The lowest BCUT2D eigenvalue weighted by Gasteiger charge is -2.16. The topological polar surface area (TPSA) is 83.6 Å². The molecule has 0 aromatic heterocycles. The highest BCUT2D eigenvalue weighted by Crippen LogP contribution is 2.26. The van der Waals surface area contributed by atoms with Crippen molar-refractivity contribution in [1.82, 2.24) is 4.90 Å². The number of rotatable bonds is 7. The minimum Gasteiger partial charge on any atom is -0.322 e. The Bertz CT molecular complexity index is 1830. The quantitative estimate of drug-likeness (QED) is 0.141. The van der Waals surface area contributed by atoms with Crippen LogP contribution < -0.4 is 5.32 Å². The third-order valence-electron chi connectivity index (χ3n) is 7.13. The van der Waals surface area contributed by atoms with Gasteiger partial charge in [-0.25, -0.2) is 0 Å². The largest absolute Gasteiger partial charge is 0.322 e. The third kappa shape index (κ3) is 5.06. The Balaban J connectivity index is 1.14. The van der Waals surface area contributed by atoms with Crippen LogP contribution in [0.2, 0.25) is 0 Å². The zero-order valence-corrected chi connectivity index (χ0v) is 21.9. The standard InChI is InChI=1S/C35H24N2O4/c38-32(21-18-24-11-7-10-23-8-1-3-12-28(23)24)25-16-19-27(20-17-25)36-33(39)29-13-4-2-9-26(29)22-37-34(40)30-14-5-6-15-31(30)35(37)41/h1-21H,22H2,(H,36,39)/b21-18+. The Labute approximate surface area is 236 Å². The molecule has 6 nitrogen and oxygen atoms in total. The first-order chi connectivity index (χ1) is 20.0. The molecule has 0 unspecified atom stereocenters. The first-order valence-electron chi connectivity index (χ1n) is 13.1. The van der Waals surface area contributed by atoms with E-state index in [2.05, 4.69) is 5.32 Å². The molecule has 0 spiro atoms. The second kappa shape index (κ2) is 10.9. The van der Waals surface area contributed by atoms with Gasteiger partial charge in [-0.2, -0.15) is 0 Å². The monoisotopic (exact) mass is 536 g/mol. The van der Waals surface area contributed by atoms with Gasteiger partial charge in [-0.1, -0.05) is 78.9 Å². The normalized spacial score (nSPS) is 12.6. The average molecular weight is 537 g/mol. The number of fused-ring (bicyclic) bond motifs is 2. The molecule has 1 aliphatic heterocycles. The van der Waals surface area contributed by atoms with Crippen LogP contribution in [0.25, 0.3) is 16.8 Å². The van der Waals surface area contributed by atoms with Gasteiger partial charge in [0.15, 0.2) is 5.78 Å². The number of carbonyl (C=O) groups is 4. The van der Waals surface area contributed by atoms with Gasteiger partial charge in [-0.05, 0) is 70.4 Å². The molecule has 1 N–H and O–H groups in total. The Morgan fingerprint density at radius 3 is 2.07 bits per heavy atom. The SMILES string of the molecule is O=C(/C=C/c1cccc2ccccc12)c1ccc(NC(=O)c2ccccc2CN2C(=O)c3ccccc3C2=O)cc1. The molecule has 0 aliphatic carbocycles. The van der Waals surface area contributed by atoms with E-state index in [1.807, 2.05) is 48.5 Å². The van der Waals surface area contributed by atoms with E-state index in [-0.39, 0.29) is 30.0 Å². The van der Waals surface area contributed by atoms with Gasteiger partial charge in [-0.15, -0.1) is 0 Å². The van der Waals surface area contributed by atoms with Crippen molar-refractivity contribution in [2.24, 2.45) is 0 Å². The van der Waals surface area contributed by atoms with Crippen LogP contribution in [0.5, 0.6) is 0 Å². The summed E-state index contributed by atoms with van der Waals surface area (Å²) in [5, 5.41) is 5.02. The Morgan fingerprint density at radius 2 is 1.32 bits per heavy atom. The van der Waals surface area contributed by atoms with Gasteiger partial charge in [0.2, 0.25) is 0 Å². The number of imide groups is 1. The minimum absolute atomic E-state index is 0.0214. The predicted octanol–water partition coefficient (Wildman–Crippen LogP) is 6.78. The maximum absolute atomic E-state index is 13.2. The number of amides is 3. The van der Waals surface area contributed by atoms with Crippen molar-refractivity contribution in [1.29, 1.82) is 0 Å². The van der Waals surface area contributed by atoms with E-state index in [0.717, 1.165) is 21.2 Å². The molecular formula is C35H24N2O4. The molecule has 0 radical (unpaired) electrons. The van der Waals surface area contributed by atoms with Crippen LogP contribution in [-0.4, -0.2) is 28.4 Å². The molecule has 6 heteroatoms. The smallest absolute Gasteiger partial charge is 0.261 e. The molecule has 1 aliphatic rings. The Morgan fingerprint density at radius 1 is 0.683 bits per heavy atom. The number of benzene rings is 5. The lowest BCUT2D eigenvalue weighted by atomic mass is 10.0. The third-order valence-corrected chi connectivity index (χ3v) is 7.13. The number of anilines is 1. The van der Waals surface area contributed by atoms with Crippen molar-refractivity contribution in [3.8, 4) is 0 Å². The molecule has 5 aromatic rings. The number of allylic oxidation sites excluding steroid dienone is 1. The average Bonchev–Trinajstić information content (AvgIpc) is 3.25. The van der Waals surface area contributed by atoms with Crippen LogP contribution in [0, 0.1) is 0 Å². The lowest BCUT2D eigenvalue weighted by Crippen LogP contribution is -2.30.